The fourth-order valence-electron chi connectivity index (χ4n) is 1.89. The molecular formula is C13H26O2. The zero-order valence-electron chi connectivity index (χ0n) is 11.1. The van der Waals surface area contributed by atoms with Crippen LogP contribution in [0.4, 0.5) is 0 Å². The molecule has 0 bridgehead atoms. The van der Waals surface area contributed by atoms with E-state index in [-0.39, 0.29) is 11.3 Å². The maximum absolute atomic E-state index is 12.1. The molecule has 0 heterocycles. The van der Waals surface area contributed by atoms with E-state index < -0.39 is 0 Å². The highest BCUT2D eigenvalue weighted by atomic mass is 16.5. The molecule has 0 aromatic rings. The van der Waals surface area contributed by atoms with Gasteiger partial charge in [-0.05, 0) is 18.8 Å². The molecule has 0 aliphatic carbocycles. The Hall–Kier alpha value is -0.370. The molecule has 0 aliphatic rings. The van der Waals surface area contributed by atoms with E-state index in [1.807, 2.05) is 20.8 Å². The molecule has 0 aromatic heterocycles. The van der Waals surface area contributed by atoms with Crippen LogP contribution >= 0.6 is 0 Å². The Bertz CT molecular complexity index is 197. The highest BCUT2D eigenvalue weighted by Crippen LogP contribution is 2.29. The predicted octanol–water partition coefficient (Wildman–Crippen LogP) is 3.30. The van der Waals surface area contributed by atoms with Gasteiger partial charge in [0.25, 0.3) is 0 Å². The highest BCUT2D eigenvalue weighted by molar-refractivity contribution is 5.86. The van der Waals surface area contributed by atoms with Gasteiger partial charge in [-0.25, -0.2) is 0 Å². The van der Waals surface area contributed by atoms with Crippen LogP contribution in [-0.2, 0) is 9.53 Å². The van der Waals surface area contributed by atoms with Gasteiger partial charge >= 0.3 is 0 Å². The van der Waals surface area contributed by atoms with Crippen molar-refractivity contribution in [3.05, 3.63) is 0 Å². The SMILES string of the molecule is COCC(C)(CCC(C)C)C(=O)C(C)C. The van der Waals surface area contributed by atoms with E-state index in [1.165, 1.54) is 0 Å². The van der Waals surface area contributed by atoms with Gasteiger partial charge in [0.1, 0.15) is 5.78 Å². The van der Waals surface area contributed by atoms with Crippen LogP contribution in [0.15, 0.2) is 0 Å². The van der Waals surface area contributed by atoms with Crippen molar-refractivity contribution in [2.45, 2.75) is 47.5 Å². The number of Topliss-reactive ketones (excluding diaryl/α,β-unsaturated/α-hetero) is 1. The second kappa shape index (κ2) is 6.26. The van der Waals surface area contributed by atoms with Gasteiger partial charge in [0.15, 0.2) is 0 Å². The Balaban J connectivity index is 4.50. The fourth-order valence-corrected chi connectivity index (χ4v) is 1.89. The molecule has 1 atom stereocenters. The first-order chi connectivity index (χ1) is 6.83. The molecule has 0 spiro atoms. The van der Waals surface area contributed by atoms with Crippen molar-refractivity contribution in [3.63, 3.8) is 0 Å². The molecule has 2 nitrogen and oxygen atoms in total. The maximum atomic E-state index is 12.1. The molecular weight excluding hydrogens is 188 g/mol. The number of carbonyl (C=O) groups excluding carboxylic acids is 1. The third-order valence-electron chi connectivity index (χ3n) is 2.86. The van der Waals surface area contributed by atoms with Crippen molar-refractivity contribution in [2.24, 2.45) is 17.3 Å². The van der Waals surface area contributed by atoms with E-state index in [2.05, 4.69) is 13.8 Å². The fraction of sp³-hybridized carbons (Fsp3) is 0.923. The summed E-state index contributed by atoms with van der Waals surface area (Å²) in [7, 11) is 1.67. The molecule has 0 rings (SSSR count). The lowest BCUT2D eigenvalue weighted by Gasteiger charge is -2.29. The number of rotatable bonds is 7. The average molecular weight is 214 g/mol. The van der Waals surface area contributed by atoms with E-state index in [9.17, 15) is 4.79 Å². The molecule has 0 aliphatic heterocycles. The molecule has 15 heavy (non-hydrogen) atoms. The summed E-state index contributed by atoms with van der Waals surface area (Å²) < 4.78 is 5.19. The Morgan fingerprint density at radius 1 is 1.27 bits per heavy atom. The van der Waals surface area contributed by atoms with Gasteiger partial charge in [-0.1, -0.05) is 34.6 Å². The lowest BCUT2D eigenvalue weighted by Crippen LogP contribution is -2.36. The number of hydrogen-bond acceptors (Lipinski definition) is 2. The van der Waals surface area contributed by atoms with Crippen LogP contribution in [0.25, 0.3) is 0 Å². The molecule has 0 aromatic carbocycles. The summed E-state index contributed by atoms with van der Waals surface area (Å²) in [6.07, 6.45) is 2.01. The van der Waals surface area contributed by atoms with Crippen LogP contribution in [0.1, 0.15) is 47.5 Å². The molecule has 0 radical (unpaired) electrons. The minimum atomic E-state index is -0.298. The van der Waals surface area contributed by atoms with E-state index in [0.29, 0.717) is 18.3 Å². The van der Waals surface area contributed by atoms with Crippen molar-refractivity contribution in [3.8, 4) is 0 Å². The third-order valence-corrected chi connectivity index (χ3v) is 2.86. The third kappa shape index (κ3) is 4.78. The van der Waals surface area contributed by atoms with Gasteiger partial charge in [0, 0.05) is 18.4 Å². The second-order valence-corrected chi connectivity index (χ2v) is 5.45. The molecule has 0 saturated carbocycles. The van der Waals surface area contributed by atoms with E-state index in [4.69, 9.17) is 4.74 Å². The highest BCUT2D eigenvalue weighted by Gasteiger charge is 2.34. The monoisotopic (exact) mass is 214 g/mol. The molecule has 2 heteroatoms. The van der Waals surface area contributed by atoms with Gasteiger partial charge < -0.3 is 4.74 Å². The number of methoxy groups -OCH3 is 1. The molecule has 0 fully saturated rings. The zero-order chi connectivity index (χ0) is 12.1. The largest absolute Gasteiger partial charge is 0.384 e. The van der Waals surface area contributed by atoms with Crippen molar-refractivity contribution < 1.29 is 9.53 Å². The van der Waals surface area contributed by atoms with Crippen LogP contribution in [0.5, 0.6) is 0 Å². The first-order valence-electron chi connectivity index (χ1n) is 5.86. The smallest absolute Gasteiger partial charge is 0.143 e. The molecule has 0 N–H and O–H groups in total. The van der Waals surface area contributed by atoms with Gasteiger partial charge in [-0.2, -0.15) is 0 Å². The summed E-state index contributed by atoms with van der Waals surface area (Å²) >= 11 is 0. The quantitative estimate of drug-likeness (QED) is 0.650. The summed E-state index contributed by atoms with van der Waals surface area (Å²) in [6.45, 7) is 10.9. The summed E-state index contributed by atoms with van der Waals surface area (Å²) in [5, 5.41) is 0. The molecule has 1 unspecified atom stereocenters. The first-order valence-corrected chi connectivity index (χ1v) is 5.86. The predicted molar refractivity (Wildman–Crippen MR) is 63.9 cm³/mol. The summed E-state index contributed by atoms with van der Waals surface area (Å²) in [5.41, 5.74) is -0.298. The summed E-state index contributed by atoms with van der Waals surface area (Å²) in [5.74, 6) is 1.06. The summed E-state index contributed by atoms with van der Waals surface area (Å²) in [6, 6.07) is 0. The Labute approximate surface area is 94.4 Å². The molecule has 0 amide bonds. The Morgan fingerprint density at radius 3 is 2.13 bits per heavy atom. The number of ether oxygens (including phenoxy) is 1. The normalized spacial score (nSPS) is 15.7. The average Bonchev–Trinajstić information content (AvgIpc) is 2.14. The van der Waals surface area contributed by atoms with Crippen LogP contribution in [-0.4, -0.2) is 19.5 Å². The van der Waals surface area contributed by atoms with Gasteiger partial charge in [-0.15, -0.1) is 0 Å². The second-order valence-electron chi connectivity index (χ2n) is 5.45. The van der Waals surface area contributed by atoms with Crippen LogP contribution < -0.4 is 0 Å². The van der Waals surface area contributed by atoms with Gasteiger partial charge in [0.2, 0.25) is 0 Å². The van der Waals surface area contributed by atoms with Crippen molar-refractivity contribution >= 4 is 5.78 Å². The standard InChI is InChI=1S/C13H26O2/c1-10(2)7-8-13(5,9-15-6)12(14)11(3)4/h10-11H,7-9H2,1-6H3. The Morgan fingerprint density at radius 2 is 1.80 bits per heavy atom. The Kier molecular flexibility index (Phi) is 6.11. The van der Waals surface area contributed by atoms with E-state index >= 15 is 0 Å². The van der Waals surface area contributed by atoms with Gasteiger partial charge in [0.05, 0.1) is 6.61 Å². The molecule has 90 valence electrons. The van der Waals surface area contributed by atoms with Crippen LogP contribution in [0.3, 0.4) is 0 Å². The number of hydrogen-bond donors (Lipinski definition) is 0. The topological polar surface area (TPSA) is 26.3 Å². The lowest BCUT2D eigenvalue weighted by atomic mass is 9.76. The lowest BCUT2D eigenvalue weighted by molar-refractivity contribution is -0.134. The minimum absolute atomic E-state index is 0.0947. The maximum Gasteiger partial charge on any atom is 0.143 e. The van der Waals surface area contributed by atoms with Crippen molar-refractivity contribution in [1.82, 2.24) is 0 Å². The number of carbonyl (C=O) groups is 1. The molecule has 0 saturated heterocycles. The van der Waals surface area contributed by atoms with Crippen molar-refractivity contribution in [1.29, 1.82) is 0 Å². The van der Waals surface area contributed by atoms with Crippen LogP contribution in [0, 0.1) is 17.3 Å². The van der Waals surface area contributed by atoms with Crippen LogP contribution in [0.2, 0.25) is 0 Å². The summed E-state index contributed by atoms with van der Waals surface area (Å²) in [4.78, 5) is 12.1. The zero-order valence-corrected chi connectivity index (χ0v) is 11.1. The van der Waals surface area contributed by atoms with Gasteiger partial charge in [-0.3, -0.25) is 4.79 Å². The van der Waals surface area contributed by atoms with E-state index in [1.54, 1.807) is 7.11 Å². The van der Waals surface area contributed by atoms with E-state index in [0.717, 1.165) is 12.8 Å². The first kappa shape index (κ1) is 14.6. The minimum Gasteiger partial charge on any atom is -0.384 e. The van der Waals surface area contributed by atoms with Crippen molar-refractivity contribution in [2.75, 3.05) is 13.7 Å². The number of ketones is 1.